The smallest absolute Gasteiger partial charge is 0.275 e. The average Bonchev–Trinajstić information content (AvgIpc) is 2.76. The van der Waals surface area contributed by atoms with Crippen molar-refractivity contribution in [3.05, 3.63) is 75.5 Å². The Bertz CT molecular complexity index is 1200. The Hall–Kier alpha value is -3.66. The summed E-state index contributed by atoms with van der Waals surface area (Å²) in [6.07, 6.45) is 0. The van der Waals surface area contributed by atoms with E-state index in [0.717, 1.165) is 11.3 Å². The van der Waals surface area contributed by atoms with Gasteiger partial charge in [0.05, 0.1) is 12.0 Å². The highest BCUT2D eigenvalue weighted by atomic mass is 16.2. The number of hydrogen-bond donors (Lipinski definition) is 0. The first-order valence-electron chi connectivity index (χ1n) is 9.48. The first kappa shape index (κ1) is 18.7. The molecule has 1 aliphatic heterocycles. The third kappa shape index (κ3) is 3.34. The molecule has 2 heterocycles. The normalized spacial score (nSPS) is 14.1. The molecular weight excluding hydrogens is 366 g/mol. The molecule has 0 aliphatic carbocycles. The van der Waals surface area contributed by atoms with Crippen molar-refractivity contribution in [1.29, 1.82) is 0 Å². The fourth-order valence-electron chi connectivity index (χ4n) is 3.77. The maximum absolute atomic E-state index is 13.2. The maximum Gasteiger partial charge on any atom is 0.275 e. The average molecular weight is 387 g/mol. The van der Waals surface area contributed by atoms with Crippen LogP contribution in [0.3, 0.4) is 0 Å². The molecule has 29 heavy (non-hydrogen) atoms. The van der Waals surface area contributed by atoms with E-state index >= 15 is 0 Å². The number of aromatic nitrogens is 2. The van der Waals surface area contributed by atoms with E-state index < -0.39 is 0 Å². The molecule has 1 aromatic heterocycles. The molecule has 7 nitrogen and oxygen atoms in total. The highest BCUT2D eigenvalue weighted by Crippen LogP contribution is 2.27. The molecule has 2 aromatic carbocycles. The van der Waals surface area contributed by atoms with Gasteiger partial charge in [-0.05, 0) is 24.6 Å². The van der Waals surface area contributed by atoms with E-state index in [-0.39, 0.29) is 11.5 Å². The molecule has 4 rings (SSSR count). The van der Waals surface area contributed by atoms with E-state index in [4.69, 9.17) is 6.57 Å². The summed E-state index contributed by atoms with van der Waals surface area (Å²) in [6, 6.07) is 12.8. The molecule has 146 valence electrons. The van der Waals surface area contributed by atoms with Crippen LogP contribution in [0.15, 0.2) is 47.3 Å². The summed E-state index contributed by atoms with van der Waals surface area (Å²) in [6.45, 7) is 11.7. The quantitative estimate of drug-likeness (QED) is 0.635. The van der Waals surface area contributed by atoms with Gasteiger partial charge in [-0.2, -0.15) is 5.10 Å². The van der Waals surface area contributed by atoms with Crippen LogP contribution < -0.4 is 10.5 Å². The topological polar surface area (TPSA) is 62.8 Å². The van der Waals surface area contributed by atoms with Crippen LogP contribution in [-0.4, -0.2) is 46.8 Å². The Balaban J connectivity index is 1.58. The predicted octanol–water partition coefficient (Wildman–Crippen LogP) is 2.76. The molecule has 1 saturated heterocycles. The lowest BCUT2D eigenvalue weighted by Crippen LogP contribution is -2.49. The minimum atomic E-state index is -0.211. The molecule has 0 saturated carbocycles. The highest BCUT2D eigenvalue weighted by Gasteiger charge is 2.26. The summed E-state index contributed by atoms with van der Waals surface area (Å²) in [7, 11) is 1.57. The Morgan fingerprint density at radius 3 is 2.45 bits per heavy atom. The van der Waals surface area contributed by atoms with Crippen molar-refractivity contribution in [3.63, 3.8) is 0 Å². The van der Waals surface area contributed by atoms with Crippen LogP contribution in [0.4, 0.5) is 11.4 Å². The van der Waals surface area contributed by atoms with Gasteiger partial charge in [0.1, 0.15) is 0 Å². The van der Waals surface area contributed by atoms with E-state index in [1.165, 1.54) is 4.68 Å². The second kappa shape index (κ2) is 7.40. The molecule has 0 atom stereocenters. The molecule has 1 aliphatic rings. The summed E-state index contributed by atoms with van der Waals surface area (Å²) in [5.74, 6) is -0.164. The number of carbonyl (C=O) groups excluding carboxylic acids is 1. The van der Waals surface area contributed by atoms with Crippen LogP contribution >= 0.6 is 0 Å². The van der Waals surface area contributed by atoms with E-state index in [9.17, 15) is 9.59 Å². The van der Waals surface area contributed by atoms with Crippen molar-refractivity contribution in [2.45, 2.75) is 6.92 Å². The summed E-state index contributed by atoms with van der Waals surface area (Å²) < 4.78 is 1.23. The Morgan fingerprint density at radius 2 is 1.76 bits per heavy atom. The molecular formula is C22H21N5O2. The van der Waals surface area contributed by atoms with Gasteiger partial charge in [-0.25, -0.2) is 9.53 Å². The molecule has 0 spiro atoms. The molecule has 0 bridgehead atoms. The molecule has 1 fully saturated rings. The van der Waals surface area contributed by atoms with Gasteiger partial charge in [-0.1, -0.05) is 30.3 Å². The number of fused-ring (bicyclic) bond motifs is 1. The second-order valence-electron chi connectivity index (χ2n) is 7.18. The van der Waals surface area contributed by atoms with E-state index in [1.54, 1.807) is 30.1 Å². The number of carbonyl (C=O) groups is 1. The van der Waals surface area contributed by atoms with Crippen LogP contribution in [-0.2, 0) is 7.05 Å². The second-order valence-corrected chi connectivity index (χ2v) is 7.18. The standard InChI is InChI=1S/C22H21N5O2/c1-15-8-9-16(23-2)14-19(15)26-10-12-27(13-11-26)22(29)20-17-6-4-5-7-18(17)21(28)25(3)24-20/h4-9,14H,10-13H2,1,3H3. The third-order valence-corrected chi connectivity index (χ3v) is 5.39. The number of amides is 1. The van der Waals surface area contributed by atoms with Gasteiger partial charge in [-0.3, -0.25) is 9.59 Å². The van der Waals surface area contributed by atoms with Gasteiger partial charge >= 0.3 is 0 Å². The number of anilines is 1. The zero-order chi connectivity index (χ0) is 20.5. The van der Waals surface area contributed by atoms with Gasteiger partial charge in [-0.15, -0.1) is 0 Å². The van der Waals surface area contributed by atoms with Crippen LogP contribution in [0.25, 0.3) is 15.6 Å². The number of piperazine rings is 1. The van der Waals surface area contributed by atoms with Crippen molar-refractivity contribution < 1.29 is 4.79 Å². The van der Waals surface area contributed by atoms with Gasteiger partial charge in [0.2, 0.25) is 0 Å². The molecule has 0 unspecified atom stereocenters. The number of aryl methyl sites for hydroxylation is 2. The lowest BCUT2D eigenvalue weighted by Gasteiger charge is -2.37. The number of rotatable bonds is 2. The Labute approximate surface area is 168 Å². The van der Waals surface area contributed by atoms with Crippen LogP contribution in [0.1, 0.15) is 16.1 Å². The molecule has 0 N–H and O–H groups in total. The molecule has 0 radical (unpaired) electrons. The van der Waals surface area contributed by atoms with Gasteiger partial charge in [0, 0.05) is 44.3 Å². The van der Waals surface area contributed by atoms with E-state index in [0.29, 0.717) is 48.3 Å². The fraction of sp³-hybridized carbons (Fsp3) is 0.273. The number of hydrogen-bond acceptors (Lipinski definition) is 4. The predicted molar refractivity (Wildman–Crippen MR) is 113 cm³/mol. The minimum absolute atomic E-state index is 0.164. The zero-order valence-electron chi connectivity index (χ0n) is 16.4. The Morgan fingerprint density at radius 1 is 1.07 bits per heavy atom. The first-order valence-corrected chi connectivity index (χ1v) is 9.48. The van der Waals surface area contributed by atoms with Crippen molar-refractivity contribution in [1.82, 2.24) is 14.7 Å². The lowest BCUT2D eigenvalue weighted by molar-refractivity contribution is 0.0740. The summed E-state index contributed by atoms with van der Waals surface area (Å²) in [5, 5.41) is 5.34. The minimum Gasteiger partial charge on any atom is -0.369 e. The van der Waals surface area contributed by atoms with Crippen molar-refractivity contribution in [2.24, 2.45) is 7.05 Å². The fourth-order valence-corrected chi connectivity index (χ4v) is 3.77. The third-order valence-electron chi connectivity index (χ3n) is 5.39. The largest absolute Gasteiger partial charge is 0.369 e. The molecule has 1 amide bonds. The first-order chi connectivity index (χ1) is 14.0. The number of nitrogens with zero attached hydrogens (tertiary/aromatic N) is 5. The highest BCUT2D eigenvalue weighted by molar-refractivity contribution is 6.04. The van der Waals surface area contributed by atoms with E-state index in [2.05, 4.69) is 14.8 Å². The van der Waals surface area contributed by atoms with Crippen LogP contribution in [0.2, 0.25) is 0 Å². The van der Waals surface area contributed by atoms with Crippen molar-refractivity contribution >= 4 is 28.1 Å². The number of benzene rings is 2. The SMILES string of the molecule is [C-]#[N+]c1ccc(C)c(N2CCN(C(=O)c3nn(C)c(=O)c4ccccc34)CC2)c1. The van der Waals surface area contributed by atoms with Crippen molar-refractivity contribution in [2.75, 3.05) is 31.1 Å². The summed E-state index contributed by atoms with van der Waals surface area (Å²) in [5.41, 5.74) is 2.86. The Kier molecular flexibility index (Phi) is 4.77. The monoisotopic (exact) mass is 387 g/mol. The molecule has 3 aromatic rings. The summed E-state index contributed by atoms with van der Waals surface area (Å²) in [4.78, 5) is 33.0. The van der Waals surface area contributed by atoms with Crippen LogP contribution in [0.5, 0.6) is 0 Å². The van der Waals surface area contributed by atoms with Crippen LogP contribution in [0, 0.1) is 13.5 Å². The van der Waals surface area contributed by atoms with Crippen molar-refractivity contribution in [3.8, 4) is 0 Å². The van der Waals surface area contributed by atoms with Gasteiger partial charge in [0.25, 0.3) is 11.5 Å². The maximum atomic E-state index is 13.2. The zero-order valence-corrected chi connectivity index (χ0v) is 16.4. The lowest BCUT2D eigenvalue weighted by atomic mass is 10.1. The summed E-state index contributed by atoms with van der Waals surface area (Å²) >= 11 is 0. The van der Waals surface area contributed by atoms with E-state index in [1.807, 2.05) is 31.2 Å². The van der Waals surface area contributed by atoms with Gasteiger partial charge in [0.15, 0.2) is 11.4 Å². The van der Waals surface area contributed by atoms with Gasteiger partial charge < -0.3 is 9.80 Å². The molecule has 7 heteroatoms.